The van der Waals surface area contributed by atoms with Gasteiger partial charge in [-0.25, -0.2) is 0 Å². The molecule has 6 heteroatoms. The van der Waals surface area contributed by atoms with Crippen LogP contribution in [0.3, 0.4) is 0 Å². The smallest absolute Gasteiger partial charge is 0.303 e. The highest BCUT2D eigenvalue weighted by Crippen LogP contribution is 2.49. The molecule has 0 saturated heterocycles. The Morgan fingerprint density at radius 2 is 1.86 bits per heavy atom. The highest BCUT2D eigenvalue weighted by molar-refractivity contribution is 5.93. The number of hydrogen-bond acceptors (Lipinski definition) is 5. The van der Waals surface area contributed by atoms with Crippen LogP contribution in [0.5, 0.6) is 0 Å². The standard InChI is InChI=1S/C23H41NO5/c1-2-3-4-5-6-7-8-10-18(25)13-12-17-15-19-20(23(17)28)16-21(19)24-29-14-9-11-22(26)27/h17-20,23,25,28H,2-16H2,1H3,(H,26,27). The summed E-state index contributed by atoms with van der Waals surface area (Å²) in [6.07, 6.45) is 13.1. The minimum absolute atomic E-state index is 0.0961. The van der Waals surface area contributed by atoms with Gasteiger partial charge >= 0.3 is 5.97 Å². The molecule has 168 valence electrons. The summed E-state index contributed by atoms with van der Waals surface area (Å²) in [6.45, 7) is 2.56. The van der Waals surface area contributed by atoms with Gasteiger partial charge in [0.05, 0.1) is 17.9 Å². The summed E-state index contributed by atoms with van der Waals surface area (Å²) in [4.78, 5) is 15.7. The summed E-state index contributed by atoms with van der Waals surface area (Å²) in [5.74, 6) is 0.00524. The number of carboxylic acids is 1. The molecule has 0 heterocycles. The van der Waals surface area contributed by atoms with Crippen molar-refractivity contribution in [3.63, 3.8) is 0 Å². The lowest BCUT2D eigenvalue weighted by Crippen LogP contribution is -2.38. The normalized spacial score (nSPS) is 28.2. The molecule has 5 unspecified atom stereocenters. The van der Waals surface area contributed by atoms with Crippen molar-refractivity contribution >= 4 is 11.7 Å². The lowest BCUT2D eigenvalue weighted by molar-refractivity contribution is -0.137. The molecule has 0 aromatic carbocycles. The van der Waals surface area contributed by atoms with E-state index in [-0.39, 0.29) is 30.5 Å². The zero-order chi connectivity index (χ0) is 21.1. The Morgan fingerprint density at radius 1 is 1.14 bits per heavy atom. The number of oxime groups is 1. The van der Waals surface area contributed by atoms with E-state index in [4.69, 9.17) is 9.94 Å². The molecular formula is C23H41NO5. The third-order valence-electron chi connectivity index (χ3n) is 6.69. The van der Waals surface area contributed by atoms with Crippen LogP contribution in [0.4, 0.5) is 0 Å². The first-order valence-corrected chi connectivity index (χ1v) is 11.8. The highest BCUT2D eigenvalue weighted by atomic mass is 16.6. The number of aliphatic carboxylic acids is 1. The zero-order valence-electron chi connectivity index (χ0n) is 18.1. The molecule has 0 radical (unpaired) electrons. The lowest BCUT2D eigenvalue weighted by atomic mass is 9.73. The maximum absolute atomic E-state index is 10.6. The molecule has 0 aromatic heterocycles. The van der Waals surface area contributed by atoms with Crippen LogP contribution in [0, 0.1) is 17.8 Å². The summed E-state index contributed by atoms with van der Waals surface area (Å²) in [7, 11) is 0. The first-order chi connectivity index (χ1) is 14.0. The number of carbonyl (C=O) groups is 1. The molecule has 0 spiro atoms. The molecule has 2 saturated carbocycles. The maximum atomic E-state index is 10.6. The molecule has 0 amide bonds. The van der Waals surface area contributed by atoms with Crippen molar-refractivity contribution in [2.24, 2.45) is 22.9 Å². The summed E-state index contributed by atoms with van der Waals surface area (Å²) < 4.78 is 0. The van der Waals surface area contributed by atoms with E-state index in [0.29, 0.717) is 18.9 Å². The van der Waals surface area contributed by atoms with Gasteiger partial charge in [-0.05, 0) is 50.4 Å². The molecule has 0 aliphatic heterocycles. The number of aliphatic hydroxyl groups is 2. The van der Waals surface area contributed by atoms with Gasteiger partial charge in [0.2, 0.25) is 0 Å². The predicted octanol–water partition coefficient (Wildman–Crippen LogP) is 4.52. The highest BCUT2D eigenvalue weighted by Gasteiger charge is 2.51. The Labute approximate surface area is 175 Å². The van der Waals surface area contributed by atoms with Crippen molar-refractivity contribution in [2.45, 2.75) is 109 Å². The molecule has 5 atom stereocenters. The molecule has 0 aromatic rings. The Balaban J connectivity index is 1.56. The van der Waals surface area contributed by atoms with Crippen molar-refractivity contribution in [3.05, 3.63) is 0 Å². The molecule has 6 nitrogen and oxygen atoms in total. The van der Waals surface area contributed by atoms with Gasteiger partial charge in [-0.1, -0.05) is 57.0 Å². The molecule has 3 N–H and O–H groups in total. The number of unbranched alkanes of at least 4 members (excludes halogenated alkanes) is 6. The number of rotatable bonds is 16. The second-order valence-corrected chi connectivity index (χ2v) is 9.02. The molecular weight excluding hydrogens is 370 g/mol. The predicted molar refractivity (Wildman–Crippen MR) is 114 cm³/mol. The Kier molecular flexibility index (Phi) is 11.0. The largest absolute Gasteiger partial charge is 0.481 e. The molecule has 0 bridgehead atoms. The van der Waals surface area contributed by atoms with Gasteiger partial charge in [0.1, 0.15) is 6.61 Å². The number of fused-ring (bicyclic) bond motifs is 1. The quantitative estimate of drug-likeness (QED) is 0.256. The summed E-state index contributed by atoms with van der Waals surface area (Å²) >= 11 is 0. The van der Waals surface area contributed by atoms with Crippen LogP contribution in [0.2, 0.25) is 0 Å². The van der Waals surface area contributed by atoms with E-state index in [2.05, 4.69) is 12.1 Å². The van der Waals surface area contributed by atoms with E-state index < -0.39 is 5.97 Å². The lowest BCUT2D eigenvalue weighted by Gasteiger charge is -2.33. The van der Waals surface area contributed by atoms with Gasteiger partial charge in [-0.15, -0.1) is 0 Å². The van der Waals surface area contributed by atoms with Crippen LogP contribution in [-0.4, -0.2) is 45.8 Å². The SMILES string of the molecule is CCCCCCCCCC(O)CCC1CC2C(=NOCCCC(=O)O)CC2C1O. The van der Waals surface area contributed by atoms with E-state index in [1.807, 2.05) is 0 Å². The third-order valence-corrected chi connectivity index (χ3v) is 6.69. The molecule has 29 heavy (non-hydrogen) atoms. The second kappa shape index (κ2) is 13.2. The number of hydrogen-bond donors (Lipinski definition) is 3. The maximum Gasteiger partial charge on any atom is 0.303 e. The van der Waals surface area contributed by atoms with E-state index in [0.717, 1.165) is 44.2 Å². The van der Waals surface area contributed by atoms with E-state index >= 15 is 0 Å². The van der Waals surface area contributed by atoms with Gasteiger partial charge in [-0.3, -0.25) is 4.79 Å². The van der Waals surface area contributed by atoms with Gasteiger partial charge in [-0.2, -0.15) is 0 Å². The van der Waals surface area contributed by atoms with Gasteiger partial charge < -0.3 is 20.2 Å². The Morgan fingerprint density at radius 3 is 2.59 bits per heavy atom. The van der Waals surface area contributed by atoms with Crippen LogP contribution in [0.25, 0.3) is 0 Å². The van der Waals surface area contributed by atoms with E-state index in [1.165, 1.54) is 38.5 Å². The second-order valence-electron chi connectivity index (χ2n) is 9.02. The Bertz CT molecular complexity index is 509. The van der Waals surface area contributed by atoms with Crippen molar-refractivity contribution in [1.29, 1.82) is 0 Å². The molecule has 2 rings (SSSR count). The van der Waals surface area contributed by atoms with Crippen LogP contribution >= 0.6 is 0 Å². The topological polar surface area (TPSA) is 99.4 Å². The fourth-order valence-electron chi connectivity index (χ4n) is 4.80. The van der Waals surface area contributed by atoms with Crippen molar-refractivity contribution in [2.75, 3.05) is 6.61 Å². The fraction of sp³-hybridized carbons (Fsp3) is 0.913. The zero-order valence-corrected chi connectivity index (χ0v) is 18.1. The summed E-state index contributed by atoms with van der Waals surface area (Å²) in [5.41, 5.74) is 1.01. The molecule has 2 fully saturated rings. The van der Waals surface area contributed by atoms with Crippen LogP contribution in [-0.2, 0) is 9.63 Å². The van der Waals surface area contributed by atoms with Crippen LogP contribution < -0.4 is 0 Å². The summed E-state index contributed by atoms with van der Waals surface area (Å²) in [5, 5.41) is 33.6. The first-order valence-electron chi connectivity index (χ1n) is 11.8. The molecule has 2 aliphatic carbocycles. The number of nitrogens with zero attached hydrogens (tertiary/aromatic N) is 1. The first kappa shape index (κ1) is 24.1. The van der Waals surface area contributed by atoms with Crippen molar-refractivity contribution < 1.29 is 25.0 Å². The van der Waals surface area contributed by atoms with Gasteiger partial charge in [0.15, 0.2) is 0 Å². The fourth-order valence-corrected chi connectivity index (χ4v) is 4.80. The average Bonchev–Trinajstić information content (AvgIpc) is 2.92. The van der Waals surface area contributed by atoms with Crippen molar-refractivity contribution in [3.8, 4) is 0 Å². The molecule has 2 aliphatic rings. The summed E-state index contributed by atoms with van der Waals surface area (Å²) in [6, 6.07) is 0. The number of aliphatic hydroxyl groups excluding tert-OH is 2. The van der Waals surface area contributed by atoms with Crippen LogP contribution in [0.1, 0.15) is 96.8 Å². The van der Waals surface area contributed by atoms with Crippen LogP contribution in [0.15, 0.2) is 5.16 Å². The van der Waals surface area contributed by atoms with Gasteiger partial charge in [0, 0.05) is 12.3 Å². The van der Waals surface area contributed by atoms with Gasteiger partial charge in [0.25, 0.3) is 0 Å². The van der Waals surface area contributed by atoms with E-state index in [1.54, 1.807) is 0 Å². The Hall–Kier alpha value is -1.14. The van der Waals surface area contributed by atoms with E-state index in [9.17, 15) is 15.0 Å². The average molecular weight is 412 g/mol. The minimum Gasteiger partial charge on any atom is -0.481 e. The monoisotopic (exact) mass is 411 g/mol. The minimum atomic E-state index is -0.819. The van der Waals surface area contributed by atoms with Crippen molar-refractivity contribution in [1.82, 2.24) is 0 Å². The third kappa shape index (κ3) is 8.25. The number of carboxylic acid groups (broad SMARTS) is 1.